The third kappa shape index (κ3) is 3.34. The van der Waals surface area contributed by atoms with Crippen molar-refractivity contribution >= 4 is 23.2 Å². The zero-order valence-corrected chi connectivity index (χ0v) is 12.4. The summed E-state index contributed by atoms with van der Waals surface area (Å²) in [5, 5.41) is 12.8. The summed E-state index contributed by atoms with van der Waals surface area (Å²) in [6.07, 6.45) is 0.947. The monoisotopic (exact) mass is 298 g/mol. The van der Waals surface area contributed by atoms with Crippen LogP contribution in [0.5, 0.6) is 0 Å². The van der Waals surface area contributed by atoms with Gasteiger partial charge in [-0.1, -0.05) is 0 Å². The van der Waals surface area contributed by atoms with Crippen LogP contribution in [0.25, 0.3) is 0 Å². The number of nitrogens with zero attached hydrogens (tertiary/aromatic N) is 1. The number of aryl methyl sites for hydroxylation is 2. The van der Waals surface area contributed by atoms with E-state index >= 15 is 0 Å². The Morgan fingerprint density at radius 3 is 2.55 bits per heavy atom. The van der Waals surface area contributed by atoms with Crippen molar-refractivity contribution in [3.8, 4) is 0 Å². The second-order valence-corrected chi connectivity index (χ2v) is 6.27. The van der Waals surface area contributed by atoms with Crippen molar-refractivity contribution in [3.63, 3.8) is 0 Å². The minimum Gasteiger partial charge on any atom is -0.481 e. The van der Waals surface area contributed by atoms with Crippen molar-refractivity contribution in [3.05, 3.63) is 15.6 Å². The van der Waals surface area contributed by atoms with Crippen molar-refractivity contribution in [1.29, 1.82) is 0 Å². The molecule has 0 aliphatic carbocycles. The third-order valence-corrected chi connectivity index (χ3v) is 4.50. The van der Waals surface area contributed by atoms with Gasteiger partial charge in [0.2, 0.25) is 0 Å². The van der Waals surface area contributed by atoms with Gasteiger partial charge in [-0.25, -0.2) is 4.98 Å². The van der Waals surface area contributed by atoms with Gasteiger partial charge in [-0.05, 0) is 26.7 Å². The molecular formula is C13H18N2O4S. The van der Waals surface area contributed by atoms with Gasteiger partial charge >= 0.3 is 5.97 Å². The number of hydrogen-bond acceptors (Lipinski definition) is 5. The van der Waals surface area contributed by atoms with Gasteiger partial charge in [0.25, 0.3) is 5.91 Å². The largest absolute Gasteiger partial charge is 0.481 e. The van der Waals surface area contributed by atoms with E-state index < -0.39 is 11.5 Å². The number of thiazole rings is 1. The average molecular weight is 298 g/mol. The lowest BCUT2D eigenvalue weighted by molar-refractivity contribution is -0.139. The molecule has 0 saturated carbocycles. The van der Waals surface area contributed by atoms with Crippen LogP contribution in [0.4, 0.5) is 0 Å². The number of ether oxygens (including phenoxy) is 1. The van der Waals surface area contributed by atoms with Crippen LogP contribution < -0.4 is 5.32 Å². The van der Waals surface area contributed by atoms with E-state index in [9.17, 15) is 9.59 Å². The molecule has 0 unspecified atom stereocenters. The Bertz CT molecular complexity index is 520. The lowest BCUT2D eigenvalue weighted by Gasteiger charge is -2.36. The molecule has 0 atom stereocenters. The fourth-order valence-electron chi connectivity index (χ4n) is 2.44. The lowest BCUT2D eigenvalue weighted by atomic mass is 9.86. The molecular weight excluding hydrogens is 280 g/mol. The standard InChI is InChI=1S/C13H18N2O4S/c1-8-11(20-9(2)14-8)12(18)15-13(7-10(16)17)3-5-19-6-4-13/h3-7H2,1-2H3,(H,15,18)(H,16,17). The molecule has 2 N–H and O–H groups in total. The molecule has 1 saturated heterocycles. The summed E-state index contributed by atoms with van der Waals surface area (Å²) >= 11 is 1.33. The Balaban J connectivity index is 2.17. The summed E-state index contributed by atoms with van der Waals surface area (Å²) in [6.45, 7) is 4.56. The van der Waals surface area contributed by atoms with E-state index in [2.05, 4.69) is 10.3 Å². The van der Waals surface area contributed by atoms with Crippen LogP contribution in [0.2, 0.25) is 0 Å². The minimum atomic E-state index is -0.913. The van der Waals surface area contributed by atoms with Gasteiger partial charge in [-0.3, -0.25) is 9.59 Å². The molecule has 0 radical (unpaired) electrons. The number of rotatable bonds is 4. The smallest absolute Gasteiger partial charge is 0.305 e. The van der Waals surface area contributed by atoms with E-state index in [1.807, 2.05) is 6.92 Å². The van der Waals surface area contributed by atoms with Gasteiger partial charge in [0.05, 0.1) is 22.7 Å². The number of aliphatic carboxylic acids is 1. The molecule has 0 bridgehead atoms. The third-order valence-electron chi connectivity index (χ3n) is 3.43. The number of carbonyl (C=O) groups excluding carboxylic acids is 1. The molecule has 1 aromatic rings. The van der Waals surface area contributed by atoms with Crippen LogP contribution in [0.15, 0.2) is 0 Å². The van der Waals surface area contributed by atoms with Crippen molar-refractivity contribution in [2.75, 3.05) is 13.2 Å². The Morgan fingerprint density at radius 2 is 2.05 bits per heavy atom. The van der Waals surface area contributed by atoms with Gasteiger partial charge in [-0.2, -0.15) is 0 Å². The molecule has 2 rings (SSSR count). The molecule has 0 aromatic carbocycles. The molecule has 1 fully saturated rings. The van der Waals surface area contributed by atoms with E-state index in [0.717, 1.165) is 5.01 Å². The van der Waals surface area contributed by atoms with E-state index in [1.165, 1.54) is 11.3 Å². The maximum Gasteiger partial charge on any atom is 0.305 e. The first-order chi connectivity index (χ1) is 9.42. The highest BCUT2D eigenvalue weighted by Gasteiger charge is 2.37. The van der Waals surface area contributed by atoms with E-state index in [1.54, 1.807) is 6.92 Å². The summed E-state index contributed by atoms with van der Waals surface area (Å²) in [6, 6.07) is 0. The SMILES string of the molecule is Cc1nc(C)c(C(=O)NC2(CC(=O)O)CCOCC2)s1. The summed E-state index contributed by atoms with van der Waals surface area (Å²) in [7, 11) is 0. The second-order valence-electron chi connectivity index (χ2n) is 5.06. The number of amides is 1. The molecule has 2 heterocycles. The predicted molar refractivity (Wildman–Crippen MR) is 74.1 cm³/mol. The number of nitrogens with one attached hydrogen (secondary N) is 1. The fraction of sp³-hybridized carbons (Fsp3) is 0.615. The number of carboxylic acids is 1. The molecule has 7 heteroatoms. The van der Waals surface area contributed by atoms with Gasteiger partial charge in [-0.15, -0.1) is 11.3 Å². The first kappa shape index (κ1) is 14.9. The quantitative estimate of drug-likeness (QED) is 0.879. The van der Waals surface area contributed by atoms with Crippen molar-refractivity contribution in [2.24, 2.45) is 0 Å². The van der Waals surface area contributed by atoms with Crippen LogP contribution in [-0.2, 0) is 9.53 Å². The first-order valence-electron chi connectivity index (χ1n) is 6.48. The maximum atomic E-state index is 12.4. The highest BCUT2D eigenvalue weighted by molar-refractivity contribution is 7.13. The topological polar surface area (TPSA) is 88.5 Å². The highest BCUT2D eigenvalue weighted by Crippen LogP contribution is 2.26. The Hall–Kier alpha value is -1.47. The summed E-state index contributed by atoms with van der Waals surface area (Å²) in [5.41, 5.74) is -0.0339. The number of carboxylic acid groups (broad SMARTS) is 1. The van der Waals surface area contributed by atoms with Crippen molar-refractivity contribution in [2.45, 2.75) is 38.6 Å². The van der Waals surface area contributed by atoms with Crippen LogP contribution in [-0.4, -0.2) is 40.7 Å². The Morgan fingerprint density at radius 1 is 1.40 bits per heavy atom. The normalized spacial score (nSPS) is 17.7. The Labute approximate surface area is 121 Å². The van der Waals surface area contributed by atoms with Gasteiger partial charge < -0.3 is 15.2 Å². The fourth-order valence-corrected chi connectivity index (χ4v) is 3.25. The van der Waals surface area contributed by atoms with Crippen LogP contribution >= 0.6 is 11.3 Å². The number of aromatic nitrogens is 1. The number of carbonyl (C=O) groups is 2. The Kier molecular flexibility index (Phi) is 4.39. The zero-order valence-electron chi connectivity index (χ0n) is 11.6. The maximum absolute atomic E-state index is 12.4. The van der Waals surface area contributed by atoms with Crippen molar-refractivity contribution in [1.82, 2.24) is 10.3 Å². The van der Waals surface area contributed by atoms with Crippen LogP contribution in [0.1, 0.15) is 39.6 Å². The lowest BCUT2D eigenvalue weighted by Crippen LogP contribution is -2.53. The second kappa shape index (κ2) is 5.88. The van der Waals surface area contributed by atoms with Crippen LogP contribution in [0, 0.1) is 13.8 Å². The molecule has 1 amide bonds. The number of hydrogen-bond donors (Lipinski definition) is 2. The summed E-state index contributed by atoms with van der Waals surface area (Å²) < 4.78 is 5.27. The molecule has 110 valence electrons. The highest BCUT2D eigenvalue weighted by atomic mass is 32.1. The first-order valence-corrected chi connectivity index (χ1v) is 7.30. The average Bonchev–Trinajstić information content (AvgIpc) is 2.68. The molecule has 1 aliphatic rings. The van der Waals surface area contributed by atoms with E-state index in [-0.39, 0.29) is 12.3 Å². The minimum absolute atomic E-state index is 0.0844. The molecule has 20 heavy (non-hydrogen) atoms. The molecule has 0 spiro atoms. The molecule has 6 nitrogen and oxygen atoms in total. The van der Waals surface area contributed by atoms with Gasteiger partial charge in [0, 0.05) is 13.2 Å². The van der Waals surface area contributed by atoms with E-state index in [4.69, 9.17) is 9.84 Å². The summed E-state index contributed by atoms with van der Waals surface area (Å²) in [4.78, 5) is 28.2. The molecule has 1 aromatic heterocycles. The van der Waals surface area contributed by atoms with Gasteiger partial charge in [0.15, 0.2) is 0 Å². The summed E-state index contributed by atoms with van der Waals surface area (Å²) in [5.74, 6) is -1.15. The predicted octanol–water partition coefficient (Wildman–Crippen LogP) is 1.51. The van der Waals surface area contributed by atoms with E-state index in [0.29, 0.717) is 36.6 Å². The van der Waals surface area contributed by atoms with Crippen molar-refractivity contribution < 1.29 is 19.4 Å². The van der Waals surface area contributed by atoms with Gasteiger partial charge in [0.1, 0.15) is 4.88 Å². The molecule has 1 aliphatic heterocycles. The zero-order chi connectivity index (χ0) is 14.8. The van der Waals surface area contributed by atoms with Crippen LogP contribution in [0.3, 0.4) is 0 Å².